The monoisotopic (exact) mass is 333 g/mol. The third-order valence-corrected chi connectivity index (χ3v) is 3.51. The van der Waals surface area contributed by atoms with E-state index in [-0.39, 0.29) is 0 Å². The first-order valence-corrected chi connectivity index (χ1v) is 7.68. The molecule has 0 radical (unpaired) electrons. The van der Waals surface area contributed by atoms with Gasteiger partial charge in [0, 0.05) is 11.3 Å². The van der Waals surface area contributed by atoms with E-state index in [1.54, 1.807) is 23.9 Å². The number of carbonyl (C=O) groups is 2. The Balaban J connectivity index is 2.61. The molecule has 0 saturated carbocycles. The highest BCUT2D eigenvalue weighted by atomic mass is 32.2. The molecule has 0 aromatic heterocycles. The number of hydrogen-bond donors (Lipinski definition) is 2. The maximum Gasteiger partial charge on any atom is 0.326 e. The molecule has 0 aliphatic carbocycles. The Morgan fingerprint density at radius 1 is 1.32 bits per heavy atom. The number of ether oxygens (including phenoxy) is 1. The fourth-order valence-electron chi connectivity index (χ4n) is 1.60. The number of carboxylic acids is 1. The smallest absolute Gasteiger partial charge is 0.326 e. The molecule has 1 rings (SSSR count). The van der Waals surface area contributed by atoms with E-state index < -0.39 is 36.9 Å². The van der Waals surface area contributed by atoms with Crippen LogP contribution in [0.15, 0.2) is 29.2 Å². The van der Waals surface area contributed by atoms with Crippen molar-refractivity contribution in [1.29, 1.82) is 0 Å². The molecule has 122 valence electrons. The summed E-state index contributed by atoms with van der Waals surface area (Å²) < 4.78 is 29.9. The van der Waals surface area contributed by atoms with Gasteiger partial charge in [-0.1, -0.05) is 0 Å². The minimum Gasteiger partial charge on any atom is -0.481 e. The molecule has 0 aliphatic rings. The Morgan fingerprint density at radius 2 is 1.91 bits per heavy atom. The quantitative estimate of drug-likeness (QED) is 0.715. The lowest BCUT2D eigenvalue weighted by Gasteiger charge is -2.18. The van der Waals surface area contributed by atoms with Crippen molar-refractivity contribution in [1.82, 2.24) is 5.32 Å². The first-order valence-electron chi connectivity index (χ1n) is 6.45. The normalized spacial score (nSPS) is 13.5. The van der Waals surface area contributed by atoms with Crippen molar-refractivity contribution >= 4 is 23.6 Å². The van der Waals surface area contributed by atoms with Crippen molar-refractivity contribution in [3.63, 3.8) is 0 Å². The van der Waals surface area contributed by atoms with Crippen molar-refractivity contribution in [3.8, 4) is 5.75 Å². The third-order valence-electron chi connectivity index (χ3n) is 2.77. The standard InChI is InChI=1S/C14H17F2NO4S/c1-8(21-9-3-5-10(22-2)6-4-9)13(18)17-11(14(19)20)7-12(15)16/h3-6,8,11-12H,7H2,1-2H3,(H,17,18)(H,19,20). The van der Waals surface area contributed by atoms with E-state index in [9.17, 15) is 18.4 Å². The second-order valence-electron chi connectivity index (χ2n) is 4.46. The zero-order chi connectivity index (χ0) is 16.7. The number of amides is 1. The number of thioether (sulfide) groups is 1. The molecule has 2 N–H and O–H groups in total. The van der Waals surface area contributed by atoms with Crippen LogP contribution in [0.1, 0.15) is 13.3 Å². The van der Waals surface area contributed by atoms with E-state index in [0.717, 1.165) is 4.90 Å². The molecule has 22 heavy (non-hydrogen) atoms. The molecular formula is C14H17F2NO4S. The van der Waals surface area contributed by atoms with Crippen LogP contribution >= 0.6 is 11.8 Å². The molecule has 5 nitrogen and oxygen atoms in total. The average molecular weight is 333 g/mol. The van der Waals surface area contributed by atoms with Crippen molar-refractivity contribution in [2.24, 2.45) is 0 Å². The lowest BCUT2D eigenvalue weighted by Crippen LogP contribution is -2.47. The SMILES string of the molecule is CSc1ccc(OC(C)C(=O)NC(CC(F)F)C(=O)O)cc1. The summed E-state index contributed by atoms with van der Waals surface area (Å²) in [6, 6.07) is 5.31. The molecule has 2 atom stereocenters. The highest BCUT2D eigenvalue weighted by Gasteiger charge is 2.26. The number of alkyl halides is 2. The molecule has 0 spiro atoms. The molecule has 8 heteroatoms. The van der Waals surface area contributed by atoms with Gasteiger partial charge in [-0.3, -0.25) is 4.79 Å². The molecule has 1 amide bonds. The first kappa shape index (κ1) is 18.2. The molecule has 0 heterocycles. The Morgan fingerprint density at radius 3 is 2.36 bits per heavy atom. The number of aliphatic carboxylic acids is 1. The number of carboxylic acid groups (broad SMARTS) is 1. The second-order valence-corrected chi connectivity index (χ2v) is 5.34. The summed E-state index contributed by atoms with van der Waals surface area (Å²) >= 11 is 1.55. The van der Waals surface area contributed by atoms with Crippen LogP contribution < -0.4 is 10.1 Å². The van der Waals surface area contributed by atoms with Crippen LogP contribution in [0.2, 0.25) is 0 Å². The van der Waals surface area contributed by atoms with E-state index in [0.29, 0.717) is 5.75 Å². The van der Waals surface area contributed by atoms with Crippen LogP contribution in [-0.4, -0.2) is 41.8 Å². The predicted octanol–water partition coefficient (Wildman–Crippen LogP) is 2.40. The molecule has 0 fully saturated rings. The van der Waals surface area contributed by atoms with Gasteiger partial charge in [-0.25, -0.2) is 13.6 Å². The number of carbonyl (C=O) groups excluding carboxylic acids is 1. The van der Waals surface area contributed by atoms with Gasteiger partial charge in [0.05, 0.1) is 0 Å². The van der Waals surface area contributed by atoms with E-state index >= 15 is 0 Å². The summed E-state index contributed by atoms with van der Waals surface area (Å²) in [4.78, 5) is 23.7. The van der Waals surface area contributed by atoms with Gasteiger partial charge in [0.15, 0.2) is 6.10 Å². The van der Waals surface area contributed by atoms with Gasteiger partial charge in [0.1, 0.15) is 11.8 Å². The van der Waals surface area contributed by atoms with Gasteiger partial charge in [-0.2, -0.15) is 0 Å². The van der Waals surface area contributed by atoms with Crippen molar-refractivity contribution in [2.45, 2.75) is 36.8 Å². The molecule has 1 aromatic carbocycles. The summed E-state index contributed by atoms with van der Waals surface area (Å²) in [6.07, 6.45) is -2.85. The number of rotatable bonds is 8. The minimum atomic E-state index is -2.82. The van der Waals surface area contributed by atoms with E-state index in [1.807, 2.05) is 23.7 Å². The van der Waals surface area contributed by atoms with Crippen LogP contribution in [0.4, 0.5) is 8.78 Å². The summed E-state index contributed by atoms with van der Waals surface area (Å²) in [5.41, 5.74) is 0. The van der Waals surface area contributed by atoms with Crippen molar-refractivity contribution in [3.05, 3.63) is 24.3 Å². The van der Waals surface area contributed by atoms with E-state index in [1.165, 1.54) is 6.92 Å². The topological polar surface area (TPSA) is 75.6 Å². The average Bonchev–Trinajstić information content (AvgIpc) is 2.46. The number of benzene rings is 1. The maximum absolute atomic E-state index is 12.3. The number of hydrogen-bond acceptors (Lipinski definition) is 4. The number of halogens is 2. The highest BCUT2D eigenvalue weighted by molar-refractivity contribution is 7.98. The Labute approximate surface area is 131 Å². The van der Waals surface area contributed by atoms with Gasteiger partial charge in [0.2, 0.25) is 6.43 Å². The molecule has 1 aromatic rings. The minimum absolute atomic E-state index is 0.432. The highest BCUT2D eigenvalue weighted by Crippen LogP contribution is 2.19. The Kier molecular flexibility index (Phi) is 7.10. The van der Waals surface area contributed by atoms with Crippen molar-refractivity contribution in [2.75, 3.05) is 6.26 Å². The van der Waals surface area contributed by atoms with Gasteiger partial charge in [-0.05, 0) is 37.4 Å². The molecule has 0 bridgehead atoms. The molecule has 2 unspecified atom stereocenters. The third kappa shape index (κ3) is 5.88. The van der Waals surface area contributed by atoms with Crippen LogP contribution in [0.5, 0.6) is 5.75 Å². The fraction of sp³-hybridized carbons (Fsp3) is 0.429. The Bertz CT molecular complexity index is 510. The van der Waals surface area contributed by atoms with Gasteiger partial charge >= 0.3 is 5.97 Å². The Hall–Kier alpha value is -1.83. The zero-order valence-corrected chi connectivity index (χ0v) is 12.9. The first-order chi connectivity index (χ1) is 10.3. The van der Waals surface area contributed by atoms with Crippen molar-refractivity contribution < 1.29 is 28.2 Å². The fourth-order valence-corrected chi connectivity index (χ4v) is 2.01. The second kappa shape index (κ2) is 8.57. The summed E-state index contributed by atoms with van der Waals surface area (Å²) in [5.74, 6) is -1.84. The van der Waals surface area contributed by atoms with Gasteiger partial charge in [0.25, 0.3) is 5.91 Å². The number of nitrogens with one attached hydrogen (secondary N) is 1. The maximum atomic E-state index is 12.3. The van der Waals surface area contributed by atoms with Gasteiger partial charge in [-0.15, -0.1) is 11.8 Å². The predicted molar refractivity (Wildman–Crippen MR) is 78.5 cm³/mol. The molecular weight excluding hydrogens is 316 g/mol. The van der Waals surface area contributed by atoms with Crippen LogP contribution in [0.3, 0.4) is 0 Å². The summed E-state index contributed by atoms with van der Waals surface area (Å²) in [6.45, 7) is 1.42. The van der Waals surface area contributed by atoms with Gasteiger partial charge < -0.3 is 15.2 Å². The van der Waals surface area contributed by atoms with Crippen LogP contribution in [0.25, 0.3) is 0 Å². The van der Waals surface area contributed by atoms with E-state index in [4.69, 9.17) is 9.84 Å². The molecule has 0 aliphatic heterocycles. The zero-order valence-electron chi connectivity index (χ0n) is 12.1. The largest absolute Gasteiger partial charge is 0.481 e. The van der Waals surface area contributed by atoms with E-state index in [2.05, 4.69) is 0 Å². The summed E-state index contributed by atoms with van der Waals surface area (Å²) in [7, 11) is 0. The van der Waals surface area contributed by atoms with Crippen LogP contribution in [-0.2, 0) is 9.59 Å². The molecule has 0 saturated heterocycles. The lowest BCUT2D eigenvalue weighted by molar-refractivity contribution is -0.144. The summed E-state index contributed by atoms with van der Waals surface area (Å²) in [5, 5.41) is 10.9. The lowest BCUT2D eigenvalue weighted by atomic mass is 10.2. The van der Waals surface area contributed by atoms with Crippen LogP contribution in [0, 0.1) is 0 Å².